The van der Waals surface area contributed by atoms with Crippen LogP contribution < -0.4 is 5.32 Å². The molecular weight excluding hydrogens is 350 g/mol. The lowest BCUT2D eigenvalue weighted by molar-refractivity contribution is -0.119. The van der Waals surface area contributed by atoms with Gasteiger partial charge in [0.1, 0.15) is 5.82 Å². The quantitative estimate of drug-likeness (QED) is 0.859. The number of hydrogen-bond acceptors (Lipinski definition) is 3. The third-order valence-electron chi connectivity index (χ3n) is 3.76. The molecule has 1 fully saturated rings. The van der Waals surface area contributed by atoms with Gasteiger partial charge in [0.2, 0.25) is 5.91 Å². The summed E-state index contributed by atoms with van der Waals surface area (Å²) in [7, 11) is 0. The van der Waals surface area contributed by atoms with E-state index in [2.05, 4.69) is 26.2 Å². The van der Waals surface area contributed by atoms with Crippen LogP contribution in [-0.2, 0) is 4.79 Å². The van der Waals surface area contributed by atoms with Gasteiger partial charge in [0.15, 0.2) is 0 Å². The monoisotopic (exact) mass is 363 g/mol. The predicted molar refractivity (Wildman–Crippen MR) is 85.8 cm³/mol. The summed E-state index contributed by atoms with van der Waals surface area (Å²) in [5.74, 6) is -0.0360. The molecule has 2 N–H and O–H groups in total. The number of nitrogens with one attached hydrogen (secondary N) is 1. The highest BCUT2D eigenvalue weighted by Gasteiger charge is 2.31. The molecule has 1 atom stereocenters. The molecule has 0 bridgehead atoms. The first-order valence-electron chi connectivity index (χ1n) is 6.87. The van der Waals surface area contributed by atoms with Crippen LogP contribution in [0.4, 0.5) is 10.6 Å². The molecule has 0 aliphatic carbocycles. The fraction of sp³-hybridized carbons (Fsp3) is 0.267. The largest absolute Gasteiger partial charge is 0.465 e. The summed E-state index contributed by atoms with van der Waals surface area (Å²) in [4.78, 5) is 28.6. The number of aromatic nitrogens is 1. The van der Waals surface area contributed by atoms with E-state index in [4.69, 9.17) is 5.11 Å². The second kappa shape index (κ2) is 5.92. The lowest BCUT2D eigenvalue weighted by Gasteiger charge is -2.12. The summed E-state index contributed by atoms with van der Waals surface area (Å²) in [6.45, 7) is 0.631. The number of nitrogens with zero attached hydrogens (tertiary/aromatic N) is 2. The summed E-state index contributed by atoms with van der Waals surface area (Å²) in [5.41, 5.74) is 0. The predicted octanol–water partition coefficient (Wildman–Crippen LogP) is 2.94. The van der Waals surface area contributed by atoms with Gasteiger partial charge in [-0.1, -0.05) is 22.0 Å². The van der Waals surface area contributed by atoms with Crippen LogP contribution in [0.2, 0.25) is 0 Å². The van der Waals surface area contributed by atoms with Gasteiger partial charge in [0.25, 0.3) is 0 Å². The number of benzene rings is 1. The number of carbonyl (C=O) groups is 2. The highest BCUT2D eigenvalue weighted by molar-refractivity contribution is 9.10. The Labute approximate surface area is 135 Å². The van der Waals surface area contributed by atoms with Gasteiger partial charge in [-0.3, -0.25) is 4.79 Å². The van der Waals surface area contributed by atoms with Crippen LogP contribution in [0.3, 0.4) is 0 Å². The van der Waals surface area contributed by atoms with E-state index in [0.717, 1.165) is 15.2 Å². The molecule has 6 nitrogen and oxygen atoms in total. The van der Waals surface area contributed by atoms with Crippen molar-refractivity contribution in [3.8, 4) is 0 Å². The molecule has 0 radical (unpaired) electrons. The summed E-state index contributed by atoms with van der Waals surface area (Å²) < 4.78 is 0.955. The number of fused-ring (bicyclic) bond motifs is 1. The molecule has 3 rings (SSSR count). The Morgan fingerprint density at radius 3 is 2.86 bits per heavy atom. The van der Waals surface area contributed by atoms with Crippen molar-refractivity contribution >= 4 is 44.5 Å². The minimum atomic E-state index is -0.982. The number of pyridine rings is 1. The molecule has 2 aromatic rings. The van der Waals surface area contributed by atoms with E-state index in [-0.39, 0.29) is 18.4 Å². The Hall–Kier alpha value is -2.15. The Morgan fingerprint density at radius 2 is 2.14 bits per heavy atom. The minimum absolute atomic E-state index is 0.189. The number of halogens is 1. The van der Waals surface area contributed by atoms with Gasteiger partial charge in [-0.15, -0.1) is 0 Å². The lowest BCUT2D eigenvalue weighted by Crippen LogP contribution is -2.30. The molecule has 0 spiro atoms. The molecule has 114 valence electrons. The maximum Gasteiger partial charge on any atom is 0.407 e. The number of amides is 2. The van der Waals surface area contributed by atoms with Gasteiger partial charge in [0.05, 0.1) is 5.92 Å². The van der Waals surface area contributed by atoms with Crippen molar-refractivity contribution in [2.75, 3.05) is 18.4 Å². The van der Waals surface area contributed by atoms with Crippen molar-refractivity contribution in [2.24, 2.45) is 5.92 Å². The summed E-state index contributed by atoms with van der Waals surface area (Å²) in [6, 6.07) is 7.64. The van der Waals surface area contributed by atoms with Crippen LogP contribution in [-0.4, -0.2) is 40.1 Å². The second-order valence-corrected chi connectivity index (χ2v) is 6.18. The van der Waals surface area contributed by atoms with Crippen LogP contribution in [0.25, 0.3) is 10.8 Å². The standard InChI is InChI=1S/C15H14BrN3O3/c16-12-2-1-9-7-17-13(6-11(9)5-12)18-14(20)10-3-4-19(8-10)15(21)22/h1-2,5-7,10H,3-4,8H2,(H,21,22)(H,17,18,20). The SMILES string of the molecule is O=C(Nc1cc2cc(Br)ccc2cn1)C1CCN(C(=O)O)C1. The molecule has 2 heterocycles. The summed E-state index contributed by atoms with van der Waals surface area (Å²) in [5, 5.41) is 13.7. The molecular formula is C15H14BrN3O3. The average Bonchev–Trinajstić information content (AvgIpc) is 2.97. The van der Waals surface area contributed by atoms with Gasteiger partial charge < -0.3 is 15.3 Å². The molecule has 22 heavy (non-hydrogen) atoms. The molecule has 1 aliphatic rings. The van der Waals surface area contributed by atoms with Gasteiger partial charge in [-0.2, -0.15) is 0 Å². The van der Waals surface area contributed by atoms with Crippen LogP contribution in [0.1, 0.15) is 6.42 Å². The van der Waals surface area contributed by atoms with Crippen molar-refractivity contribution < 1.29 is 14.7 Å². The zero-order valence-corrected chi connectivity index (χ0v) is 13.2. The molecule has 1 saturated heterocycles. The second-order valence-electron chi connectivity index (χ2n) is 5.26. The van der Waals surface area contributed by atoms with Crippen molar-refractivity contribution in [3.63, 3.8) is 0 Å². The number of hydrogen-bond donors (Lipinski definition) is 2. The van der Waals surface area contributed by atoms with Crippen molar-refractivity contribution in [2.45, 2.75) is 6.42 Å². The number of carbonyl (C=O) groups excluding carboxylic acids is 1. The summed E-state index contributed by atoms with van der Waals surface area (Å²) >= 11 is 3.41. The van der Waals surface area contributed by atoms with Crippen LogP contribution in [0, 0.1) is 5.92 Å². The van der Waals surface area contributed by atoms with E-state index < -0.39 is 6.09 Å². The Bertz CT molecular complexity index is 750. The maximum atomic E-state index is 12.2. The van der Waals surface area contributed by atoms with E-state index in [1.807, 2.05) is 24.3 Å². The minimum Gasteiger partial charge on any atom is -0.465 e. The molecule has 1 aliphatic heterocycles. The number of anilines is 1. The Balaban J connectivity index is 1.73. The van der Waals surface area contributed by atoms with Crippen molar-refractivity contribution in [1.29, 1.82) is 0 Å². The average molecular weight is 364 g/mol. The Kier molecular flexibility index (Phi) is 3.98. The van der Waals surface area contributed by atoms with Crippen LogP contribution in [0.5, 0.6) is 0 Å². The third kappa shape index (κ3) is 3.04. The third-order valence-corrected chi connectivity index (χ3v) is 4.26. The highest BCUT2D eigenvalue weighted by Crippen LogP contribution is 2.22. The normalized spacial score (nSPS) is 17.7. The molecule has 2 amide bonds. The van der Waals surface area contributed by atoms with E-state index >= 15 is 0 Å². The fourth-order valence-corrected chi connectivity index (χ4v) is 2.94. The fourth-order valence-electron chi connectivity index (χ4n) is 2.56. The van der Waals surface area contributed by atoms with Gasteiger partial charge in [-0.05, 0) is 30.0 Å². The van der Waals surface area contributed by atoms with E-state index in [1.165, 1.54) is 4.90 Å². The van der Waals surface area contributed by atoms with Crippen molar-refractivity contribution in [1.82, 2.24) is 9.88 Å². The molecule has 1 aromatic carbocycles. The maximum absolute atomic E-state index is 12.2. The van der Waals surface area contributed by atoms with Crippen LogP contribution >= 0.6 is 15.9 Å². The topological polar surface area (TPSA) is 82.5 Å². The van der Waals surface area contributed by atoms with Crippen molar-refractivity contribution in [3.05, 3.63) is 34.9 Å². The van der Waals surface area contributed by atoms with E-state index in [9.17, 15) is 9.59 Å². The lowest BCUT2D eigenvalue weighted by atomic mass is 10.1. The zero-order valence-electron chi connectivity index (χ0n) is 11.6. The summed E-state index contributed by atoms with van der Waals surface area (Å²) in [6.07, 6.45) is 1.26. The number of likely N-dealkylation sites (tertiary alicyclic amines) is 1. The molecule has 1 unspecified atom stereocenters. The molecule has 7 heteroatoms. The first-order chi connectivity index (χ1) is 10.5. The Morgan fingerprint density at radius 1 is 1.32 bits per heavy atom. The number of rotatable bonds is 2. The first kappa shape index (κ1) is 14.8. The molecule has 0 saturated carbocycles. The molecule has 1 aromatic heterocycles. The van der Waals surface area contributed by atoms with E-state index in [0.29, 0.717) is 18.8 Å². The smallest absolute Gasteiger partial charge is 0.407 e. The van der Waals surface area contributed by atoms with E-state index in [1.54, 1.807) is 6.20 Å². The highest BCUT2D eigenvalue weighted by atomic mass is 79.9. The number of carboxylic acid groups (broad SMARTS) is 1. The van der Waals surface area contributed by atoms with Gasteiger partial charge >= 0.3 is 6.09 Å². The zero-order chi connectivity index (χ0) is 15.7. The first-order valence-corrected chi connectivity index (χ1v) is 7.66. The van der Waals surface area contributed by atoms with Gasteiger partial charge in [-0.25, -0.2) is 9.78 Å². The van der Waals surface area contributed by atoms with Crippen LogP contribution in [0.15, 0.2) is 34.9 Å². The van der Waals surface area contributed by atoms with Gasteiger partial charge in [0, 0.05) is 29.1 Å².